The highest BCUT2D eigenvalue weighted by Gasteiger charge is 2.21. The molecule has 0 bridgehead atoms. The van der Waals surface area contributed by atoms with Crippen molar-refractivity contribution in [3.05, 3.63) is 57.0 Å². The Morgan fingerprint density at radius 1 is 1.30 bits per heavy atom. The van der Waals surface area contributed by atoms with Crippen molar-refractivity contribution in [2.45, 2.75) is 19.4 Å². The quantitative estimate of drug-likeness (QED) is 0.787. The minimum absolute atomic E-state index is 0.245. The van der Waals surface area contributed by atoms with Gasteiger partial charge >= 0.3 is 0 Å². The maximum atomic E-state index is 6.22. The number of nitrogens with one attached hydrogen (secondary N) is 1. The Kier molecular flexibility index (Phi) is 3.90. The van der Waals surface area contributed by atoms with Crippen LogP contribution < -0.4 is 10.1 Å². The van der Waals surface area contributed by atoms with E-state index in [9.17, 15) is 0 Å². The molecule has 0 fully saturated rings. The van der Waals surface area contributed by atoms with E-state index in [0.29, 0.717) is 0 Å². The average Bonchev–Trinajstić information content (AvgIpc) is 2.45. The second kappa shape index (κ2) is 5.66. The fraction of sp³-hybridized carbons (Fsp3) is 0.250. The van der Waals surface area contributed by atoms with Crippen LogP contribution in [-0.2, 0) is 0 Å². The highest BCUT2D eigenvalue weighted by atomic mass is 79.9. The molecule has 1 atom stereocenters. The number of ether oxygens (including phenoxy) is 1. The summed E-state index contributed by atoms with van der Waals surface area (Å²) in [6.07, 6.45) is 0.939. The van der Waals surface area contributed by atoms with Crippen LogP contribution >= 0.6 is 27.5 Å². The molecule has 0 saturated carbocycles. The molecule has 1 aliphatic rings. The topological polar surface area (TPSA) is 21.3 Å². The molecule has 0 aliphatic carbocycles. The van der Waals surface area contributed by atoms with Crippen molar-refractivity contribution in [2.24, 2.45) is 0 Å². The van der Waals surface area contributed by atoms with Gasteiger partial charge in [-0.3, -0.25) is 0 Å². The maximum Gasteiger partial charge on any atom is 0.124 e. The molecule has 4 heteroatoms. The normalized spacial score (nSPS) is 17.2. The number of halogens is 2. The molecule has 1 heterocycles. The van der Waals surface area contributed by atoms with E-state index in [1.807, 2.05) is 37.3 Å². The van der Waals surface area contributed by atoms with E-state index in [-0.39, 0.29) is 6.04 Å². The van der Waals surface area contributed by atoms with Gasteiger partial charge in [0.05, 0.1) is 18.3 Å². The van der Waals surface area contributed by atoms with Crippen molar-refractivity contribution < 1.29 is 4.74 Å². The van der Waals surface area contributed by atoms with Crippen LogP contribution in [0.4, 0.5) is 5.69 Å². The molecule has 0 amide bonds. The molecule has 0 spiro atoms. The number of hydrogen-bond acceptors (Lipinski definition) is 2. The van der Waals surface area contributed by atoms with Crippen LogP contribution in [0.5, 0.6) is 5.75 Å². The van der Waals surface area contributed by atoms with Gasteiger partial charge in [-0.1, -0.05) is 29.8 Å². The third-order valence-electron chi connectivity index (χ3n) is 3.54. The molecular formula is C16H15BrClNO. The van der Waals surface area contributed by atoms with Crippen molar-refractivity contribution in [1.82, 2.24) is 0 Å². The third kappa shape index (κ3) is 2.65. The van der Waals surface area contributed by atoms with Crippen molar-refractivity contribution >= 4 is 33.2 Å². The molecule has 2 nitrogen and oxygen atoms in total. The van der Waals surface area contributed by atoms with Crippen LogP contribution in [0.3, 0.4) is 0 Å². The summed E-state index contributed by atoms with van der Waals surface area (Å²) in [5, 5.41) is 4.34. The summed E-state index contributed by atoms with van der Waals surface area (Å²) in [4.78, 5) is 0. The van der Waals surface area contributed by atoms with Crippen molar-refractivity contribution in [1.29, 1.82) is 0 Å². The van der Waals surface area contributed by atoms with E-state index < -0.39 is 0 Å². The third-order valence-corrected chi connectivity index (χ3v) is 4.60. The van der Waals surface area contributed by atoms with Gasteiger partial charge in [0.15, 0.2) is 0 Å². The monoisotopic (exact) mass is 351 g/mol. The van der Waals surface area contributed by atoms with Gasteiger partial charge in [0.2, 0.25) is 0 Å². The zero-order valence-corrected chi connectivity index (χ0v) is 13.5. The highest BCUT2D eigenvalue weighted by molar-refractivity contribution is 9.10. The summed E-state index contributed by atoms with van der Waals surface area (Å²) in [7, 11) is 0. The summed E-state index contributed by atoms with van der Waals surface area (Å²) in [5.74, 6) is 0.964. The predicted octanol–water partition coefficient (Wildman–Crippen LogP) is 5.35. The Hall–Kier alpha value is -1.19. The smallest absolute Gasteiger partial charge is 0.124 e. The lowest BCUT2D eigenvalue weighted by Gasteiger charge is -2.28. The summed E-state index contributed by atoms with van der Waals surface area (Å²) < 4.78 is 6.72. The van der Waals surface area contributed by atoms with Crippen LogP contribution in [-0.4, -0.2) is 6.61 Å². The van der Waals surface area contributed by atoms with E-state index in [2.05, 4.69) is 27.3 Å². The van der Waals surface area contributed by atoms with E-state index in [1.54, 1.807) is 0 Å². The minimum Gasteiger partial charge on any atom is -0.493 e. The predicted molar refractivity (Wildman–Crippen MR) is 86.8 cm³/mol. The molecule has 2 aromatic rings. The molecule has 20 heavy (non-hydrogen) atoms. The lowest BCUT2D eigenvalue weighted by Crippen LogP contribution is -2.20. The summed E-state index contributed by atoms with van der Waals surface area (Å²) >= 11 is 9.81. The molecule has 0 saturated heterocycles. The van der Waals surface area contributed by atoms with Crippen molar-refractivity contribution in [2.75, 3.05) is 11.9 Å². The van der Waals surface area contributed by atoms with E-state index in [4.69, 9.17) is 16.3 Å². The summed E-state index contributed by atoms with van der Waals surface area (Å²) in [6, 6.07) is 12.4. The van der Waals surface area contributed by atoms with E-state index >= 15 is 0 Å². The molecule has 1 aliphatic heterocycles. The highest BCUT2D eigenvalue weighted by Crippen LogP contribution is 2.37. The number of fused-ring (bicyclic) bond motifs is 1. The van der Waals surface area contributed by atoms with Gasteiger partial charge in [0.1, 0.15) is 5.75 Å². The van der Waals surface area contributed by atoms with Gasteiger partial charge in [-0.25, -0.2) is 0 Å². The molecule has 1 unspecified atom stereocenters. The maximum absolute atomic E-state index is 6.22. The van der Waals surface area contributed by atoms with Gasteiger partial charge in [-0.2, -0.15) is 0 Å². The van der Waals surface area contributed by atoms with Crippen LogP contribution in [0, 0.1) is 6.92 Å². The minimum atomic E-state index is 0.245. The molecule has 0 aromatic heterocycles. The molecule has 0 radical (unpaired) electrons. The second-order valence-electron chi connectivity index (χ2n) is 4.95. The first-order valence-electron chi connectivity index (χ1n) is 6.59. The Labute approximate surface area is 132 Å². The fourth-order valence-electron chi connectivity index (χ4n) is 2.44. The number of rotatable bonds is 2. The zero-order valence-electron chi connectivity index (χ0n) is 11.1. The molecular weight excluding hydrogens is 338 g/mol. The Balaban J connectivity index is 1.91. The molecule has 2 aromatic carbocycles. The molecule has 104 valence electrons. The standard InChI is InChI=1S/C16H15BrClNO/c1-10-8-12(17)15(9-13(10)18)19-14-6-7-20-16-5-3-2-4-11(14)16/h2-5,8-9,14,19H,6-7H2,1H3. The van der Waals surface area contributed by atoms with Gasteiger partial charge in [0, 0.05) is 21.5 Å². The lowest BCUT2D eigenvalue weighted by molar-refractivity contribution is 0.274. The Morgan fingerprint density at radius 3 is 2.95 bits per heavy atom. The van der Waals surface area contributed by atoms with Crippen LogP contribution in [0.15, 0.2) is 40.9 Å². The number of hydrogen-bond donors (Lipinski definition) is 1. The van der Waals surface area contributed by atoms with Crippen molar-refractivity contribution in [3.63, 3.8) is 0 Å². The van der Waals surface area contributed by atoms with E-state index in [1.165, 1.54) is 5.56 Å². The van der Waals surface area contributed by atoms with Gasteiger partial charge in [0.25, 0.3) is 0 Å². The first-order valence-corrected chi connectivity index (χ1v) is 7.76. The first-order chi connectivity index (χ1) is 9.65. The lowest BCUT2D eigenvalue weighted by atomic mass is 10.0. The summed E-state index contributed by atoms with van der Waals surface area (Å²) in [6.45, 7) is 2.73. The Bertz CT molecular complexity index is 644. The summed E-state index contributed by atoms with van der Waals surface area (Å²) in [5.41, 5.74) is 3.28. The number of para-hydroxylation sites is 1. The Morgan fingerprint density at radius 2 is 2.10 bits per heavy atom. The van der Waals surface area contributed by atoms with Crippen LogP contribution in [0.2, 0.25) is 5.02 Å². The number of benzene rings is 2. The van der Waals surface area contributed by atoms with Crippen molar-refractivity contribution in [3.8, 4) is 5.75 Å². The largest absolute Gasteiger partial charge is 0.493 e. The first kappa shape index (κ1) is 13.8. The average molecular weight is 353 g/mol. The number of aryl methyl sites for hydroxylation is 1. The van der Waals surface area contributed by atoms with Crippen LogP contribution in [0.1, 0.15) is 23.6 Å². The SMILES string of the molecule is Cc1cc(Br)c(NC2CCOc3ccccc32)cc1Cl. The van der Waals surface area contributed by atoms with Gasteiger partial charge < -0.3 is 10.1 Å². The van der Waals surface area contributed by atoms with Crippen LogP contribution in [0.25, 0.3) is 0 Å². The van der Waals surface area contributed by atoms with Gasteiger partial charge in [-0.15, -0.1) is 0 Å². The zero-order chi connectivity index (χ0) is 14.1. The molecule has 1 N–H and O–H groups in total. The number of anilines is 1. The second-order valence-corrected chi connectivity index (χ2v) is 6.21. The van der Waals surface area contributed by atoms with Gasteiger partial charge in [-0.05, 0) is 46.6 Å². The van der Waals surface area contributed by atoms with E-state index in [0.717, 1.165) is 39.5 Å². The fourth-order valence-corrected chi connectivity index (χ4v) is 3.17. The molecule has 3 rings (SSSR count).